The molecule has 1 N–H and O–H groups in total. The minimum Gasteiger partial charge on any atom is -0.307 e. The third kappa shape index (κ3) is 1.85. The highest BCUT2D eigenvalue weighted by Gasteiger charge is 2.25. The number of hydrogen-bond donors (Lipinski definition) is 1. The highest BCUT2D eigenvalue weighted by Crippen LogP contribution is 2.30. The van der Waals surface area contributed by atoms with E-state index in [9.17, 15) is 5.26 Å². The van der Waals surface area contributed by atoms with E-state index in [1.54, 1.807) is 0 Å². The molecule has 1 fully saturated rings. The lowest BCUT2D eigenvalue weighted by Gasteiger charge is -2.16. The van der Waals surface area contributed by atoms with E-state index in [0.717, 1.165) is 30.0 Å². The van der Waals surface area contributed by atoms with E-state index in [2.05, 4.69) is 16.5 Å². The average molecular weight is 230 g/mol. The van der Waals surface area contributed by atoms with Crippen molar-refractivity contribution in [3.05, 3.63) is 17.0 Å². The van der Waals surface area contributed by atoms with Crippen LogP contribution in [0.1, 0.15) is 61.5 Å². The van der Waals surface area contributed by atoms with Crippen molar-refractivity contribution in [2.75, 3.05) is 0 Å². The predicted molar refractivity (Wildman–Crippen MR) is 64.2 cm³/mol. The number of hydrogen-bond acceptors (Lipinski definition) is 3. The van der Waals surface area contributed by atoms with Crippen molar-refractivity contribution in [1.29, 1.82) is 5.26 Å². The molecule has 0 saturated heterocycles. The van der Waals surface area contributed by atoms with Gasteiger partial charge in [-0.2, -0.15) is 10.4 Å². The van der Waals surface area contributed by atoms with Gasteiger partial charge >= 0.3 is 0 Å². The maximum Gasteiger partial charge on any atom is 0.143 e. The Morgan fingerprint density at radius 1 is 1.18 bits per heavy atom. The van der Waals surface area contributed by atoms with Crippen molar-refractivity contribution >= 4 is 0 Å². The van der Waals surface area contributed by atoms with Crippen LogP contribution in [0, 0.1) is 11.3 Å². The van der Waals surface area contributed by atoms with Gasteiger partial charge in [0.05, 0.1) is 11.7 Å². The Morgan fingerprint density at radius 3 is 2.65 bits per heavy atom. The van der Waals surface area contributed by atoms with Gasteiger partial charge in [0.1, 0.15) is 11.8 Å². The first-order chi connectivity index (χ1) is 8.40. The Labute approximate surface area is 102 Å². The third-order valence-electron chi connectivity index (χ3n) is 3.96. The van der Waals surface area contributed by atoms with Crippen LogP contribution in [0.2, 0.25) is 0 Å². The fraction of sp³-hybridized carbons (Fsp3) is 0.692. The summed E-state index contributed by atoms with van der Waals surface area (Å²) < 4.78 is 2.02. The van der Waals surface area contributed by atoms with Gasteiger partial charge in [-0.15, -0.1) is 0 Å². The van der Waals surface area contributed by atoms with Crippen molar-refractivity contribution in [3.63, 3.8) is 0 Å². The van der Waals surface area contributed by atoms with Crippen LogP contribution in [0.5, 0.6) is 0 Å². The second-order valence-corrected chi connectivity index (χ2v) is 5.08. The smallest absolute Gasteiger partial charge is 0.143 e. The molecule has 17 heavy (non-hydrogen) atoms. The molecule has 0 atom stereocenters. The number of aromatic nitrogens is 2. The van der Waals surface area contributed by atoms with E-state index in [1.165, 1.54) is 38.5 Å². The number of nitrogens with zero attached hydrogens (tertiary/aromatic N) is 3. The van der Waals surface area contributed by atoms with Crippen LogP contribution >= 0.6 is 0 Å². The molecule has 4 heteroatoms. The summed E-state index contributed by atoms with van der Waals surface area (Å²) in [6.07, 6.45) is 7.59. The van der Waals surface area contributed by atoms with Crippen molar-refractivity contribution in [1.82, 2.24) is 15.1 Å². The summed E-state index contributed by atoms with van der Waals surface area (Å²) in [5.74, 6) is 0. The first-order valence-corrected chi connectivity index (χ1v) is 6.61. The van der Waals surface area contributed by atoms with Crippen molar-refractivity contribution in [3.8, 4) is 6.07 Å². The summed E-state index contributed by atoms with van der Waals surface area (Å²) in [7, 11) is 0. The monoisotopic (exact) mass is 230 g/mol. The molecule has 0 spiro atoms. The fourth-order valence-corrected chi connectivity index (χ4v) is 3.03. The molecule has 1 aliphatic carbocycles. The van der Waals surface area contributed by atoms with Crippen LogP contribution in [0.4, 0.5) is 0 Å². The number of nitriles is 1. The van der Waals surface area contributed by atoms with Gasteiger partial charge in [-0.05, 0) is 12.8 Å². The summed E-state index contributed by atoms with van der Waals surface area (Å²) in [6.45, 7) is 1.63. The van der Waals surface area contributed by atoms with E-state index < -0.39 is 0 Å². The second-order valence-electron chi connectivity index (χ2n) is 5.08. The summed E-state index contributed by atoms with van der Waals surface area (Å²) >= 11 is 0. The lowest BCUT2D eigenvalue weighted by Crippen LogP contribution is -2.15. The van der Waals surface area contributed by atoms with E-state index in [0.29, 0.717) is 6.04 Å². The molecular weight excluding hydrogens is 212 g/mol. The molecule has 3 rings (SSSR count). The fourth-order valence-electron chi connectivity index (χ4n) is 3.03. The average Bonchev–Trinajstić information content (AvgIpc) is 2.80. The molecule has 0 radical (unpaired) electrons. The highest BCUT2D eigenvalue weighted by atomic mass is 15.3. The van der Waals surface area contributed by atoms with Gasteiger partial charge in [-0.1, -0.05) is 25.7 Å². The Hall–Kier alpha value is -1.34. The first-order valence-electron chi connectivity index (χ1n) is 6.61. The Bertz CT molecular complexity index is 447. The van der Waals surface area contributed by atoms with Crippen molar-refractivity contribution in [2.45, 2.75) is 57.7 Å². The van der Waals surface area contributed by atoms with Gasteiger partial charge in [-0.25, -0.2) is 0 Å². The van der Waals surface area contributed by atoms with Crippen molar-refractivity contribution < 1.29 is 0 Å². The van der Waals surface area contributed by atoms with Crippen LogP contribution in [0.25, 0.3) is 0 Å². The van der Waals surface area contributed by atoms with Crippen LogP contribution in [-0.4, -0.2) is 9.78 Å². The van der Waals surface area contributed by atoms with Gasteiger partial charge in [0.25, 0.3) is 0 Å². The predicted octanol–water partition coefficient (Wildman–Crippen LogP) is 2.25. The topological polar surface area (TPSA) is 53.6 Å². The first kappa shape index (κ1) is 10.8. The largest absolute Gasteiger partial charge is 0.307 e. The van der Waals surface area contributed by atoms with Crippen LogP contribution in [0.3, 0.4) is 0 Å². The zero-order chi connectivity index (χ0) is 11.7. The third-order valence-corrected chi connectivity index (χ3v) is 3.96. The summed E-state index contributed by atoms with van der Waals surface area (Å²) in [5.41, 5.74) is 3.03. The normalized spacial score (nSPS) is 20.9. The zero-order valence-corrected chi connectivity index (χ0v) is 10.1. The second kappa shape index (κ2) is 4.50. The maximum atomic E-state index is 9.33. The molecule has 0 unspecified atom stereocenters. The van der Waals surface area contributed by atoms with Gasteiger partial charge in [0.15, 0.2) is 0 Å². The van der Waals surface area contributed by atoms with E-state index in [-0.39, 0.29) is 0 Å². The lowest BCUT2D eigenvalue weighted by atomic mass is 10.1. The van der Waals surface area contributed by atoms with Gasteiger partial charge in [-0.3, -0.25) is 4.68 Å². The van der Waals surface area contributed by atoms with Gasteiger partial charge in [0.2, 0.25) is 0 Å². The number of rotatable bonds is 1. The van der Waals surface area contributed by atoms with Crippen LogP contribution in [-0.2, 0) is 13.1 Å². The summed E-state index contributed by atoms with van der Waals surface area (Å²) in [6, 6.07) is 2.81. The Balaban J connectivity index is 1.94. The molecule has 1 saturated carbocycles. The molecule has 1 aromatic heterocycles. The molecule has 4 nitrogen and oxygen atoms in total. The molecular formula is C13H18N4. The molecule has 1 aromatic rings. The van der Waals surface area contributed by atoms with Gasteiger partial charge in [0, 0.05) is 18.7 Å². The molecule has 0 bridgehead atoms. The van der Waals surface area contributed by atoms with E-state index >= 15 is 0 Å². The van der Waals surface area contributed by atoms with E-state index in [4.69, 9.17) is 0 Å². The standard InChI is InChI=1S/C13H18N4/c14-7-13-11-8-15-9-12(11)16-17(13)10-5-3-1-2-4-6-10/h10,15H,1-6,8-9H2. The Kier molecular flexibility index (Phi) is 2.86. The zero-order valence-electron chi connectivity index (χ0n) is 10.1. The Morgan fingerprint density at radius 2 is 1.94 bits per heavy atom. The van der Waals surface area contributed by atoms with Crippen molar-refractivity contribution in [2.24, 2.45) is 0 Å². The summed E-state index contributed by atoms with van der Waals surface area (Å²) in [5, 5.41) is 17.3. The highest BCUT2D eigenvalue weighted by molar-refractivity contribution is 5.38. The molecule has 2 aliphatic rings. The minimum absolute atomic E-state index is 0.456. The minimum atomic E-state index is 0.456. The number of fused-ring (bicyclic) bond motifs is 1. The number of nitrogens with one attached hydrogen (secondary N) is 1. The molecule has 1 aliphatic heterocycles. The van der Waals surface area contributed by atoms with Crippen LogP contribution < -0.4 is 5.32 Å². The lowest BCUT2D eigenvalue weighted by molar-refractivity contribution is 0.397. The summed E-state index contributed by atoms with van der Waals surface area (Å²) in [4.78, 5) is 0. The molecule has 0 amide bonds. The molecule has 90 valence electrons. The van der Waals surface area contributed by atoms with E-state index in [1.807, 2.05) is 4.68 Å². The maximum absolute atomic E-state index is 9.33. The quantitative estimate of drug-likeness (QED) is 0.753. The molecule has 2 heterocycles. The van der Waals surface area contributed by atoms with Gasteiger partial charge < -0.3 is 5.32 Å². The van der Waals surface area contributed by atoms with Crippen LogP contribution in [0.15, 0.2) is 0 Å². The molecule has 0 aromatic carbocycles. The SMILES string of the molecule is N#Cc1c2c(nn1C1CCCCCC1)CNC2.